The molecule has 5 heteroatoms. The topological polar surface area (TPSA) is 38.3 Å². The van der Waals surface area contributed by atoms with Gasteiger partial charge >= 0.3 is 0 Å². The molecule has 0 heterocycles. The summed E-state index contributed by atoms with van der Waals surface area (Å²) in [6.45, 7) is 3.78. The number of hydrogen-bond donors (Lipinski definition) is 1. The lowest BCUT2D eigenvalue weighted by molar-refractivity contribution is -0.122. The van der Waals surface area contributed by atoms with Gasteiger partial charge < -0.3 is 10.1 Å². The molecule has 3 nitrogen and oxygen atoms in total. The van der Waals surface area contributed by atoms with Gasteiger partial charge in [-0.2, -0.15) is 0 Å². The average Bonchev–Trinajstić information content (AvgIpc) is 2.50. The summed E-state index contributed by atoms with van der Waals surface area (Å²) in [5.74, 6) is -0.155. The maximum Gasteiger partial charge on any atom is 0.265 e. The van der Waals surface area contributed by atoms with Crippen LogP contribution in [0.3, 0.4) is 0 Å². The first-order chi connectivity index (χ1) is 10.5. The Balaban J connectivity index is 2.08. The van der Waals surface area contributed by atoms with E-state index in [0.717, 1.165) is 5.56 Å². The molecule has 0 aromatic heterocycles. The fourth-order valence-corrected chi connectivity index (χ4v) is 2.14. The second-order valence-corrected chi connectivity index (χ2v) is 5.31. The Morgan fingerprint density at radius 1 is 1.32 bits per heavy atom. The Bertz CT molecular complexity index is 675. The van der Waals surface area contributed by atoms with Crippen LogP contribution in [0.25, 0.3) is 0 Å². The van der Waals surface area contributed by atoms with Crippen LogP contribution in [0.5, 0.6) is 5.75 Å². The van der Waals surface area contributed by atoms with Crippen molar-refractivity contribution < 1.29 is 13.9 Å². The molecule has 2 aromatic carbocycles. The van der Waals surface area contributed by atoms with Crippen LogP contribution in [0.1, 0.15) is 18.9 Å². The van der Waals surface area contributed by atoms with Crippen molar-refractivity contribution in [3.8, 4) is 5.75 Å². The highest BCUT2D eigenvalue weighted by Crippen LogP contribution is 2.22. The first kappa shape index (κ1) is 16.3. The molecule has 1 N–H and O–H groups in total. The summed E-state index contributed by atoms with van der Waals surface area (Å²) in [4.78, 5) is 12.3. The summed E-state index contributed by atoms with van der Waals surface area (Å²) in [7, 11) is 0. The van der Waals surface area contributed by atoms with Crippen molar-refractivity contribution in [3.05, 3.63) is 58.9 Å². The number of anilines is 1. The lowest BCUT2D eigenvalue weighted by Gasteiger charge is -2.18. The number of halogens is 2. The fourth-order valence-electron chi connectivity index (χ4n) is 1.96. The lowest BCUT2D eigenvalue weighted by atomic mass is 10.2. The highest BCUT2D eigenvalue weighted by molar-refractivity contribution is 6.31. The van der Waals surface area contributed by atoms with Crippen molar-refractivity contribution >= 4 is 23.2 Å². The normalized spacial score (nSPS) is 11.8. The molecule has 0 saturated heterocycles. The second-order valence-electron chi connectivity index (χ2n) is 4.90. The molecule has 2 rings (SSSR count). The molecular weight excluding hydrogens is 305 g/mol. The van der Waals surface area contributed by atoms with Gasteiger partial charge in [-0.15, -0.1) is 0 Å². The van der Waals surface area contributed by atoms with Crippen molar-refractivity contribution in [3.63, 3.8) is 0 Å². The average molecular weight is 322 g/mol. The van der Waals surface area contributed by atoms with E-state index in [1.165, 1.54) is 18.2 Å². The zero-order chi connectivity index (χ0) is 16.1. The Labute approximate surface area is 134 Å². The van der Waals surface area contributed by atoms with E-state index < -0.39 is 11.9 Å². The number of carbonyl (C=O) groups excluding carboxylic acids is 1. The predicted octanol–water partition coefficient (Wildman–Crippen LogP) is 4.58. The number of hydrogen-bond acceptors (Lipinski definition) is 2. The number of nitrogens with one attached hydrogen (secondary N) is 1. The molecule has 0 radical (unpaired) electrons. The largest absolute Gasteiger partial charge is 0.480 e. The van der Waals surface area contributed by atoms with Crippen LogP contribution in [-0.2, 0) is 4.79 Å². The van der Waals surface area contributed by atoms with E-state index in [1.807, 2.05) is 38.1 Å². The number of aryl methyl sites for hydroxylation is 1. The zero-order valence-corrected chi connectivity index (χ0v) is 13.2. The molecular formula is C17H17ClFNO2. The molecule has 22 heavy (non-hydrogen) atoms. The molecule has 0 aliphatic heterocycles. The predicted molar refractivity (Wildman–Crippen MR) is 85.9 cm³/mol. The van der Waals surface area contributed by atoms with Gasteiger partial charge in [0.25, 0.3) is 5.91 Å². The van der Waals surface area contributed by atoms with Crippen molar-refractivity contribution in [2.24, 2.45) is 0 Å². The molecule has 0 aliphatic rings. The quantitative estimate of drug-likeness (QED) is 0.875. The van der Waals surface area contributed by atoms with Gasteiger partial charge in [-0.1, -0.05) is 36.7 Å². The fraction of sp³-hybridized carbons (Fsp3) is 0.235. The van der Waals surface area contributed by atoms with Gasteiger partial charge in [-0.05, 0) is 43.2 Å². The number of carbonyl (C=O) groups is 1. The van der Waals surface area contributed by atoms with E-state index >= 15 is 0 Å². The second kappa shape index (κ2) is 7.27. The van der Waals surface area contributed by atoms with Gasteiger partial charge in [0.1, 0.15) is 11.6 Å². The van der Waals surface area contributed by atoms with Gasteiger partial charge in [0.05, 0.1) is 5.02 Å². The third kappa shape index (κ3) is 3.98. The van der Waals surface area contributed by atoms with Crippen molar-refractivity contribution in [2.45, 2.75) is 26.4 Å². The first-order valence-electron chi connectivity index (χ1n) is 6.99. The number of amides is 1. The first-order valence-corrected chi connectivity index (χ1v) is 7.37. The van der Waals surface area contributed by atoms with Gasteiger partial charge in [0.15, 0.2) is 6.10 Å². The Morgan fingerprint density at radius 2 is 2.05 bits per heavy atom. The van der Waals surface area contributed by atoms with Crippen molar-refractivity contribution in [2.75, 3.05) is 5.32 Å². The monoisotopic (exact) mass is 321 g/mol. The number of rotatable bonds is 5. The Kier molecular flexibility index (Phi) is 5.39. The molecule has 0 saturated carbocycles. The van der Waals surface area contributed by atoms with Crippen LogP contribution >= 0.6 is 11.6 Å². The maximum atomic E-state index is 13.1. The van der Waals surface area contributed by atoms with E-state index in [9.17, 15) is 9.18 Å². The highest BCUT2D eigenvalue weighted by Gasteiger charge is 2.19. The van der Waals surface area contributed by atoms with Gasteiger partial charge in [0, 0.05) is 5.69 Å². The van der Waals surface area contributed by atoms with Crippen molar-refractivity contribution in [1.29, 1.82) is 0 Å². The van der Waals surface area contributed by atoms with Crippen LogP contribution in [0, 0.1) is 12.7 Å². The minimum Gasteiger partial charge on any atom is -0.480 e. The molecule has 0 aliphatic carbocycles. The van der Waals surface area contributed by atoms with Gasteiger partial charge in [-0.25, -0.2) is 4.39 Å². The van der Waals surface area contributed by atoms with E-state index in [-0.39, 0.29) is 10.9 Å². The van der Waals surface area contributed by atoms with Crippen LogP contribution in [0.15, 0.2) is 42.5 Å². The number of para-hydroxylation sites is 1. The third-order valence-electron chi connectivity index (χ3n) is 3.21. The molecule has 1 amide bonds. The highest BCUT2D eigenvalue weighted by atomic mass is 35.5. The minimum atomic E-state index is -0.634. The molecule has 1 atom stereocenters. The summed E-state index contributed by atoms with van der Waals surface area (Å²) in [5, 5.41) is 2.65. The van der Waals surface area contributed by atoms with E-state index in [0.29, 0.717) is 17.9 Å². The zero-order valence-electron chi connectivity index (χ0n) is 12.4. The molecule has 0 fully saturated rings. The van der Waals surface area contributed by atoms with Gasteiger partial charge in [-0.3, -0.25) is 4.79 Å². The molecule has 0 spiro atoms. The summed E-state index contributed by atoms with van der Waals surface area (Å²) in [6.07, 6.45) is -0.125. The van der Waals surface area contributed by atoms with E-state index in [4.69, 9.17) is 16.3 Å². The molecule has 0 bridgehead atoms. The van der Waals surface area contributed by atoms with Crippen LogP contribution in [0.2, 0.25) is 5.02 Å². The van der Waals surface area contributed by atoms with Crippen molar-refractivity contribution in [1.82, 2.24) is 0 Å². The molecule has 116 valence electrons. The van der Waals surface area contributed by atoms with Gasteiger partial charge in [0.2, 0.25) is 0 Å². The van der Waals surface area contributed by atoms with Crippen LogP contribution in [-0.4, -0.2) is 12.0 Å². The van der Waals surface area contributed by atoms with Crippen LogP contribution < -0.4 is 10.1 Å². The summed E-state index contributed by atoms with van der Waals surface area (Å²) in [5.41, 5.74) is 1.39. The lowest BCUT2D eigenvalue weighted by Crippen LogP contribution is -2.32. The summed E-state index contributed by atoms with van der Waals surface area (Å²) >= 11 is 5.70. The third-order valence-corrected chi connectivity index (χ3v) is 3.50. The maximum absolute atomic E-state index is 13.1. The smallest absolute Gasteiger partial charge is 0.265 e. The minimum absolute atomic E-state index is 0.0364. The summed E-state index contributed by atoms with van der Waals surface area (Å²) in [6, 6.07) is 11.5. The van der Waals surface area contributed by atoms with E-state index in [2.05, 4.69) is 5.32 Å². The van der Waals surface area contributed by atoms with E-state index in [1.54, 1.807) is 0 Å². The Morgan fingerprint density at radius 3 is 2.68 bits per heavy atom. The number of ether oxygens (including phenoxy) is 1. The SMILES string of the molecule is CC[C@H](Oc1ccccc1C)C(=O)Nc1ccc(F)c(Cl)c1. The Hall–Kier alpha value is -2.07. The molecule has 0 unspecified atom stereocenters. The number of benzene rings is 2. The molecule has 2 aromatic rings. The standard InChI is InChI=1S/C17H17ClFNO2/c1-3-15(22-16-7-5-4-6-11(16)2)17(21)20-12-8-9-14(19)13(18)10-12/h4-10,15H,3H2,1-2H3,(H,20,21)/t15-/m0/s1. The summed E-state index contributed by atoms with van der Waals surface area (Å²) < 4.78 is 18.9. The van der Waals surface area contributed by atoms with Crippen LogP contribution in [0.4, 0.5) is 10.1 Å².